The number of nitriles is 1. The molecule has 14 heavy (non-hydrogen) atoms. The molecule has 1 aromatic carbocycles. The number of anilines is 1. The molecule has 0 fully saturated rings. The molecule has 0 aliphatic rings. The van der Waals surface area contributed by atoms with Crippen molar-refractivity contribution in [2.75, 3.05) is 25.0 Å². The van der Waals surface area contributed by atoms with E-state index in [1.165, 1.54) is 12.1 Å². The molecule has 1 rings (SSSR count). The van der Waals surface area contributed by atoms with E-state index in [1.807, 2.05) is 18.0 Å². The average molecular weight is 193 g/mol. The largest absolute Gasteiger partial charge is 0.372 e. The molecule has 2 N–H and O–H groups in total. The molecule has 0 heterocycles. The number of nitrogens with two attached hydrogens (primary N) is 1. The van der Waals surface area contributed by atoms with Crippen LogP contribution in [0.3, 0.4) is 0 Å². The van der Waals surface area contributed by atoms with Crippen molar-refractivity contribution in [1.29, 1.82) is 5.26 Å². The highest BCUT2D eigenvalue weighted by Crippen LogP contribution is 2.19. The summed E-state index contributed by atoms with van der Waals surface area (Å²) in [5.41, 5.74) is 6.43. The fraction of sp³-hybridized carbons (Fsp3) is 0.300. The zero-order valence-electron chi connectivity index (χ0n) is 8.00. The Morgan fingerprint density at radius 2 is 2.29 bits per heavy atom. The predicted molar refractivity (Wildman–Crippen MR) is 53.4 cm³/mol. The smallest absolute Gasteiger partial charge is 0.124 e. The van der Waals surface area contributed by atoms with Crippen LogP contribution in [0.4, 0.5) is 10.1 Å². The first-order chi connectivity index (χ1) is 6.69. The molecule has 0 spiro atoms. The molecule has 3 nitrogen and oxygen atoms in total. The van der Waals surface area contributed by atoms with E-state index < -0.39 is 5.82 Å². The van der Waals surface area contributed by atoms with Gasteiger partial charge < -0.3 is 10.6 Å². The highest BCUT2D eigenvalue weighted by Gasteiger charge is 2.07. The number of likely N-dealkylation sites (N-methyl/N-ethyl adjacent to an activating group) is 1. The lowest BCUT2D eigenvalue weighted by Gasteiger charge is -2.19. The van der Waals surface area contributed by atoms with Crippen LogP contribution < -0.4 is 10.6 Å². The van der Waals surface area contributed by atoms with Crippen LogP contribution in [0, 0.1) is 17.1 Å². The van der Waals surface area contributed by atoms with E-state index in [9.17, 15) is 4.39 Å². The number of halogens is 1. The van der Waals surface area contributed by atoms with Gasteiger partial charge in [-0.3, -0.25) is 0 Å². The zero-order chi connectivity index (χ0) is 10.6. The number of benzene rings is 1. The minimum atomic E-state index is -0.397. The summed E-state index contributed by atoms with van der Waals surface area (Å²) < 4.78 is 12.8. The van der Waals surface area contributed by atoms with Crippen LogP contribution in [-0.2, 0) is 0 Å². The Kier molecular flexibility index (Phi) is 3.43. The van der Waals surface area contributed by atoms with Crippen molar-refractivity contribution in [2.45, 2.75) is 0 Å². The van der Waals surface area contributed by atoms with Crippen molar-refractivity contribution >= 4 is 5.69 Å². The first-order valence-electron chi connectivity index (χ1n) is 4.30. The van der Waals surface area contributed by atoms with E-state index in [0.717, 1.165) is 0 Å². The Bertz CT molecular complexity index is 357. The molecular formula is C10H12FN3. The van der Waals surface area contributed by atoms with Crippen molar-refractivity contribution < 1.29 is 4.39 Å². The lowest BCUT2D eigenvalue weighted by molar-refractivity contribution is 0.627. The Labute approximate surface area is 82.5 Å². The fourth-order valence-corrected chi connectivity index (χ4v) is 1.24. The third-order valence-corrected chi connectivity index (χ3v) is 1.95. The quantitative estimate of drug-likeness (QED) is 0.781. The maximum absolute atomic E-state index is 12.8. The summed E-state index contributed by atoms with van der Waals surface area (Å²) in [7, 11) is 1.82. The Morgan fingerprint density at radius 1 is 1.57 bits per heavy atom. The van der Waals surface area contributed by atoms with Gasteiger partial charge in [-0.2, -0.15) is 5.26 Å². The number of rotatable bonds is 3. The summed E-state index contributed by atoms with van der Waals surface area (Å²) in [4.78, 5) is 1.83. The fourth-order valence-electron chi connectivity index (χ4n) is 1.24. The second-order valence-corrected chi connectivity index (χ2v) is 2.98. The van der Waals surface area contributed by atoms with E-state index in [1.54, 1.807) is 6.07 Å². The molecule has 0 aliphatic carbocycles. The summed E-state index contributed by atoms with van der Waals surface area (Å²) in [6, 6.07) is 6.10. The molecule has 74 valence electrons. The minimum absolute atomic E-state index is 0.334. The first kappa shape index (κ1) is 10.5. The van der Waals surface area contributed by atoms with E-state index >= 15 is 0 Å². The third kappa shape index (κ3) is 2.21. The molecule has 4 heteroatoms. The van der Waals surface area contributed by atoms with Gasteiger partial charge in [-0.25, -0.2) is 4.39 Å². The SMILES string of the molecule is CN(CCN)c1ccc(F)cc1C#N. The Hall–Kier alpha value is -1.60. The first-order valence-corrected chi connectivity index (χ1v) is 4.30. The molecule has 0 unspecified atom stereocenters. The second kappa shape index (κ2) is 4.58. The molecule has 0 aliphatic heterocycles. The molecular weight excluding hydrogens is 181 g/mol. The lowest BCUT2D eigenvalue weighted by atomic mass is 10.1. The van der Waals surface area contributed by atoms with Gasteiger partial charge in [-0.15, -0.1) is 0 Å². The lowest BCUT2D eigenvalue weighted by Crippen LogP contribution is -2.25. The molecule has 1 aromatic rings. The summed E-state index contributed by atoms with van der Waals surface area (Å²) in [6.07, 6.45) is 0. The molecule has 0 bridgehead atoms. The molecule has 0 amide bonds. The van der Waals surface area contributed by atoms with Gasteiger partial charge in [0.1, 0.15) is 11.9 Å². The highest BCUT2D eigenvalue weighted by atomic mass is 19.1. The predicted octanol–water partition coefficient (Wildman–Crippen LogP) is 1.09. The molecule has 0 radical (unpaired) electrons. The van der Waals surface area contributed by atoms with Gasteiger partial charge in [0.15, 0.2) is 0 Å². The van der Waals surface area contributed by atoms with E-state index in [2.05, 4.69) is 0 Å². The van der Waals surface area contributed by atoms with E-state index in [4.69, 9.17) is 11.0 Å². The van der Waals surface area contributed by atoms with Gasteiger partial charge >= 0.3 is 0 Å². The van der Waals surface area contributed by atoms with Gasteiger partial charge in [0.2, 0.25) is 0 Å². The monoisotopic (exact) mass is 193 g/mol. The van der Waals surface area contributed by atoms with Gasteiger partial charge in [0.05, 0.1) is 11.3 Å². The highest BCUT2D eigenvalue weighted by molar-refractivity contribution is 5.58. The number of nitrogens with zero attached hydrogens (tertiary/aromatic N) is 2. The van der Waals surface area contributed by atoms with Crippen molar-refractivity contribution in [3.8, 4) is 6.07 Å². The standard InChI is InChI=1S/C10H12FN3/c1-14(5-4-12)10-3-2-9(11)6-8(10)7-13/h2-3,6H,4-5,12H2,1H3. The van der Waals surface area contributed by atoms with Gasteiger partial charge in [0.25, 0.3) is 0 Å². The Morgan fingerprint density at radius 3 is 2.86 bits per heavy atom. The van der Waals surface area contributed by atoms with Gasteiger partial charge in [-0.1, -0.05) is 0 Å². The van der Waals surface area contributed by atoms with Crippen molar-refractivity contribution in [3.63, 3.8) is 0 Å². The molecule has 0 saturated carbocycles. The van der Waals surface area contributed by atoms with Gasteiger partial charge in [0, 0.05) is 20.1 Å². The Balaban J connectivity index is 3.03. The average Bonchev–Trinajstić information content (AvgIpc) is 2.17. The normalized spacial score (nSPS) is 9.57. The van der Waals surface area contributed by atoms with Gasteiger partial charge in [-0.05, 0) is 18.2 Å². The number of hydrogen-bond acceptors (Lipinski definition) is 3. The summed E-state index contributed by atoms with van der Waals surface area (Å²) in [5.74, 6) is -0.397. The van der Waals surface area contributed by atoms with Crippen molar-refractivity contribution in [2.24, 2.45) is 5.73 Å². The summed E-state index contributed by atoms with van der Waals surface area (Å²) >= 11 is 0. The second-order valence-electron chi connectivity index (χ2n) is 2.98. The molecule has 0 saturated heterocycles. The van der Waals surface area contributed by atoms with Crippen molar-refractivity contribution in [3.05, 3.63) is 29.6 Å². The topological polar surface area (TPSA) is 53.0 Å². The molecule has 0 aromatic heterocycles. The van der Waals surface area contributed by atoms with Crippen LogP contribution in [-0.4, -0.2) is 20.1 Å². The molecule has 0 atom stereocenters. The van der Waals surface area contributed by atoms with E-state index in [0.29, 0.717) is 24.3 Å². The summed E-state index contributed by atoms with van der Waals surface area (Å²) in [6.45, 7) is 1.14. The maximum Gasteiger partial charge on any atom is 0.124 e. The number of hydrogen-bond donors (Lipinski definition) is 1. The van der Waals surface area contributed by atoms with Crippen LogP contribution in [0.2, 0.25) is 0 Å². The van der Waals surface area contributed by atoms with Crippen molar-refractivity contribution in [1.82, 2.24) is 0 Å². The minimum Gasteiger partial charge on any atom is -0.372 e. The van der Waals surface area contributed by atoms with E-state index in [-0.39, 0.29) is 0 Å². The van der Waals surface area contributed by atoms with Crippen LogP contribution in [0.25, 0.3) is 0 Å². The summed E-state index contributed by atoms with van der Waals surface area (Å²) in [5, 5.41) is 8.79. The van der Waals surface area contributed by atoms with Crippen LogP contribution in [0.5, 0.6) is 0 Å². The maximum atomic E-state index is 12.8. The third-order valence-electron chi connectivity index (χ3n) is 1.95. The van der Waals surface area contributed by atoms with Crippen LogP contribution >= 0.6 is 0 Å². The zero-order valence-corrected chi connectivity index (χ0v) is 8.00. The van der Waals surface area contributed by atoms with Crippen LogP contribution in [0.15, 0.2) is 18.2 Å². The van der Waals surface area contributed by atoms with Crippen LogP contribution in [0.1, 0.15) is 5.56 Å².